The van der Waals surface area contributed by atoms with Crippen molar-refractivity contribution in [1.82, 2.24) is 4.90 Å². The van der Waals surface area contributed by atoms with Crippen LogP contribution >= 0.6 is 11.6 Å². The van der Waals surface area contributed by atoms with Gasteiger partial charge in [-0.1, -0.05) is 11.6 Å². The number of hydrogen-bond donors (Lipinski definition) is 0. The predicted octanol–water partition coefficient (Wildman–Crippen LogP) is 4.22. The maximum Gasteiger partial charge on any atom is 0.136 e. The predicted molar refractivity (Wildman–Crippen MR) is 102 cm³/mol. The van der Waals surface area contributed by atoms with Gasteiger partial charge in [-0.2, -0.15) is 0 Å². The average molecular weight is 357 g/mol. The number of fused-ring (bicyclic) bond motifs is 1. The fraction of sp³-hybridized carbons (Fsp3) is 0.250. The molecule has 5 heteroatoms. The average Bonchev–Trinajstić information content (AvgIpc) is 2.61. The van der Waals surface area contributed by atoms with Crippen molar-refractivity contribution in [2.45, 2.75) is 0 Å². The zero-order chi connectivity index (χ0) is 17.8. The van der Waals surface area contributed by atoms with Gasteiger partial charge >= 0.3 is 0 Å². The van der Waals surface area contributed by atoms with Crippen molar-refractivity contribution in [2.75, 3.05) is 34.3 Å². The van der Waals surface area contributed by atoms with E-state index in [0.29, 0.717) is 11.6 Å². The molecule has 1 aromatic heterocycles. The lowest BCUT2D eigenvalue weighted by molar-refractivity contribution is 0.415. The molecule has 0 saturated carbocycles. The summed E-state index contributed by atoms with van der Waals surface area (Å²) in [6, 6.07) is 15.4. The van der Waals surface area contributed by atoms with Crippen LogP contribution in [0.4, 0.5) is 0 Å². The zero-order valence-corrected chi connectivity index (χ0v) is 15.4. The van der Waals surface area contributed by atoms with Crippen LogP contribution in [0.15, 0.2) is 57.9 Å². The third kappa shape index (κ3) is 4.21. The van der Waals surface area contributed by atoms with Crippen molar-refractivity contribution in [2.24, 2.45) is 4.99 Å². The van der Waals surface area contributed by atoms with Gasteiger partial charge in [-0.3, -0.25) is 4.99 Å². The maximum absolute atomic E-state index is 6.16. The summed E-state index contributed by atoms with van der Waals surface area (Å²) in [7, 11) is 5.72. The van der Waals surface area contributed by atoms with Crippen molar-refractivity contribution in [3.8, 4) is 17.1 Å². The summed E-state index contributed by atoms with van der Waals surface area (Å²) in [6.45, 7) is 1.59. The van der Waals surface area contributed by atoms with Crippen LogP contribution in [0.25, 0.3) is 22.3 Å². The van der Waals surface area contributed by atoms with Crippen LogP contribution in [0, 0.1) is 0 Å². The first-order chi connectivity index (χ1) is 12.1. The van der Waals surface area contributed by atoms with E-state index in [1.54, 1.807) is 7.11 Å². The summed E-state index contributed by atoms with van der Waals surface area (Å²) >= 11 is 6.16. The molecule has 4 nitrogen and oxygen atoms in total. The van der Waals surface area contributed by atoms with Crippen molar-refractivity contribution >= 4 is 22.6 Å². The summed E-state index contributed by atoms with van der Waals surface area (Å²) in [6.07, 6.45) is 0. The maximum atomic E-state index is 6.16. The Morgan fingerprint density at radius 3 is 2.52 bits per heavy atom. The van der Waals surface area contributed by atoms with Gasteiger partial charge in [0, 0.05) is 28.6 Å². The number of hydrogen-bond acceptors (Lipinski definition) is 4. The number of nitrogens with zero attached hydrogens (tertiary/aromatic N) is 2. The Balaban J connectivity index is 2.11. The second-order valence-electron chi connectivity index (χ2n) is 6.05. The molecule has 0 radical (unpaired) electrons. The molecule has 0 bridgehead atoms. The van der Waals surface area contributed by atoms with Crippen LogP contribution in [0.1, 0.15) is 0 Å². The molecule has 0 aliphatic carbocycles. The first-order valence-corrected chi connectivity index (χ1v) is 8.47. The molecule has 3 rings (SSSR count). The Kier molecular flexibility index (Phi) is 5.41. The van der Waals surface area contributed by atoms with Crippen LogP contribution in [0.2, 0.25) is 5.02 Å². The molecular formula is C20H21ClN2O2. The molecule has 3 aromatic rings. The van der Waals surface area contributed by atoms with E-state index in [2.05, 4.69) is 4.90 Å². The fourth-order valence-electron chi connectivity index (χ4n) is 2.54. The summed E-state index contributed by atoms with van der Waals surface area (Å²) in [5.74, 6) is 1.58. The summed E-state index contributed by atoms with van der Waals surface area (Å²) in [5.41, 5.74) is 1.74. The molecule has 0 aliphatic rings. The zero-order valence-electron chi connectivity index (χ0n) is 14.6. The lowest BCUT2D eigenvalue weighted by atomic mass is 10.1. The monoisotopic (exact) mass is 356 g/mol. The van der Waals surface area contributed by atoms with E-state index in [0.717, 1.165) is 39.9 Å². The Morgan fingerprint density at radius 1 is 1.08 bits per heavy atom. The standard InChI is InChI=1S/C20H21ClN2O2/c1-23(2)11-10-22-18-13-20(14-4-7-16(24-3)8-5-14)25-19-9-6-15(21)12-17(18)19/h4-9,12-13H,10-11H2,1-3H3. The quantitative estimate of drug-likeness (QED) is 0.686. The molecule has 0 spiro atoms. The number of rotatable bonds is 5. The number of likely N-dealkylation sites (N-methyl/N-ethyl adjacent to an activating group) is 1. The third-order valence-corrected chi connectivity index (χ3v) is 4.14. The number of benzene rings is 2. The summed E-state index contributed by atoms with van der Waals surface area (Å²) < 4.78 is 11.3. The lowest BCUT2D eigenvalue weighted by Crippen LogP contribution is -2.17. The highest BCUT2D eigenvalue weighted by Gasteiger charge is 2.07. The van der Waals surface area contributed by atoms with Gasteiger partial charge in [0.05, 0.1) is 19.0 Å². The van der Waals surface area contributed by atoms with Crippen molar-refractivity contribution in [3.05, 3.63) is 58.9 Å². The molecule has 0 fully saturated rings. The minimum Gasteiger partial charge on any atom is -0.497 e. The van der Waals surface area contributed by atoms with E-state index in [1.165, 1.54) is 0 Å². The smallest absolute Gasteiger partial charge is 0.136 e. The van der Waals surface area contributed by atoms with Crippen LogP contribution in [0.5, 0.6) is 5.75 Å². The van der Waals surface area contributed by atoms with Crippen LogP contribution in [0.3, 0.4) is 0 Å². The molecule has 130 valence electrons. The van der Waals surface area contributed by atoms with E-state index in [-0.39, 0.29) is 0 Å². The molecule has 0 amide bonds. The summed E-state index contributed by atoms with van der Waals surface area (Å²) in [4.78, 5) is 6.86. The van der Waals surface area contributed by atoms with Crippen LogP contribution in [-0.4, -0.2) is 39.2 Å². The van der Waals surface area contributed by atoms with E-state index in [1.807, 2.05) is 62.6 Å². The second-order valence-corrected chi connectivity index (χ2v) is 6.49. The van der Waals surface area contributed by atoms with E-state index < -0.39 is 0 Å². The van der Waals surface area contributed by atoms with Gasteiger partial charge in [0.25, 0.3) is 0 Å². The first-order valence-electron chi connectivity index (χ1n) is 8.10. The van der Waals surface area contributed by atoms with Gasteiger partial charge in [-0.05, 0) is 56.6 Å². The van der Waals surface area contributed by atoms with Crippen molar-refractivity contribution < 1.29 is 9.15 Å². The number of methoxy groups -OCH3 is 1. The molecule has 0 unspecified atom stereocenters. The Labute approximate surface area is 152 Å². The Bertz CT molecular complexity index is 931. The highest BCUT2D eigenvalue weighted by atomic mass is 35.5. The number of halogens is 1. The molecule has 1 heterocycles. The molecular weight excluding hydrogens is 336 g/mol. The SMILES string of the molecule is COc1ccc(-c2cc(=NCCN(C)C)c3cc(Cl)ccc3o2)cc1. The Hall–Kier alpha value is -2.30. The van der Waals surface area contributed by atoms with Gasteiger partial charge < -0.3 is 14.1 Å². The van der Waals surface area contributed by atoms with Gasteiger partial charge in [-0.15, -0.1) is 0 Å². The largest absolute Gasteiger partial charge is 0.497 e. The summed E-state index contributed by atoms with van der Waals surface area (Å²) in [5, 5.41) is 2.48. The van der Waals surface area contributed by atoms with Crippen LogP contribution < -0.4 is 10.1 Å². The van der Waals surface area contributed by atoms with Gasteiger partial charge in [-0.25, -0.2) is 0 Å². The molecule has 25 heavy (non-hydrogen) atoms. The molecule has 2 aromatic carbocycles. The van der Waals surface area contributed by atoms with Gasteiger partial charge in [0.15, 0.2) is 0 Å². The van der Waals surface area contributed by atoms with Crippen molar-refractivity contribution in [3.63, 3.8) is 0 Å². The second kappa shape index (κ2) is 7.72. The Morgan fingerprint density at radius 2 is 1.84 bits per heavy atom. The molecule has 0 atom stereocenters. The minimum absolute atomic E-state index is 0.670. The van der Waals surface area contributed by atoms with E-state index in [4.69, 9.17) is 25.7 Å². The molecule has 0 saturated heterocycles. The fourth-order valence-corrected chi connectivity index (χ4v) is 2.71. The van der Waals surface area contributed by atoms with Gasteiger partial charge in [0.1, 0.15) is 17.1 Å². The number of ether oxygens (including phenoxy) is 1. The minimum atomic E-state index is 0.670. The lowest BCUT2D eigenvalue weighted by Gasteiger charge is -2.08. The van der Waals surface area contributed by atoms with E-state index in [9.17, 15) is 0 Å². The van der Waals surface area contributed by atoms with Gasteiger partial charge in [0.2, 0.25) is 0 Å². The normalized spacial score (nSPS) is 12.1. The first kappa shape index (κ1) is 17.5. The van der Waals surface area contributed by atoms with E-state index >= 15 is 0 Å². The van der Waals surface area contributed by atoms with Crippen LogP contribution in [-0.2, 0) is 0 Å². The highest BCUT2D eigenvalue weighted by molar-refractivity contribution is 6.31. The topological polar surface area (TPSA) is 38.0 Å². The molecule has 0 aliphatic heterocycles. The third-order valence-electron chi connectivity index (χ3n) is 3.91. The van der Waals surface area contributed by atoms with Crippen molar-refractivity contribution in [1.29, 1.82) is 0 Å². The highest BCUT2D eigenvalue weighted by Crippen LogP contribution is 2.25. The molecule has 0 N–H and O–H groups in total.